The van der Waals surface area contributed by atoms with Crippen LogP contribution in [0, 0.1) is 5.92 Å². The maximum absolute atomic E-state index is 10.9. The Hall–Kier alpha value is -0.530. The molecule has 0 aromatic heterocycles. The van der Waals surface area contributed by atoms with Gasteiger partial charge in [-0.3, -0.25) is 4.79 Å². The molecular weight excluding hydrogens is 236 g/mol. The quantitative estimate of drug-likeness (QED) is 0.326. The van der Waals surface area contributed by atoms with Gasteiger partial charge in [0.2, 0.25) is 0 Å². The van der Waals surface area contributed by atoms with E-state index in [0.29, 0.717) is 6.42 Å². The molecule has 0 fully saturated rings. The molecule has 2 nitrogen and oxygen atoms in total. The molecule has 0 aliphatic carbocycles. The Morgan fingerprint density at radius 2 is 1.42 bits per heavy atom. The largest absolute Gasteiger partial charge is 0.469 e. The van der Waals surface area contributed by atoms with Crippen molar-refractivity contribution in [2.75, 3.05) is 7.11 Å². The van der Waals surface area contributed by atoms with Crippen LogP contribution in [0.2, 0.25) is 0 Å². The molecule has 0 bridgehead atoms. The monoisotopic (exact) mass is 270 g/mol. The van der Waals surface area contributed by atoms with E-state index in [1.807, 2.05) is 0 Å². The average Bonchev–Trinajstić information content (AvgIpc) is 2.42. The van der Waals surface area contributed by atoms with Crippen molar-refractivity contribution in [3.63, 3.8) is 0 Å². The third-order valence-electron chi connectivity index (χ3n) is 3.86. The summed E-state index contributed by atoms with van der Waals surface area (Å²) in [4.78, 5) is 10.9. The summed E-state index contributed by atoms with van der Waals surface area (Å²) in [7, 11) is 1.46. The smallest absolute Gasteiger partial charge is 0.305 e. The highest BCUT2D eigenvalue weighted by Gasteiger charge is 2.01. The van der Waals surface area contributed by atoms with Gasteiger partial charge in [-0.05, 0) is 12.3 Å². The summed E-state index contributed by atoms with van der Waals surface area (Å²) < 4.78 is 4.62. The third kappa shape index (κ3) is 13.7. The lowest BCUT2D eigenvalue weighted by Crippen LogP contribution is -1.99. The topological polar surface area (TPSA) is 26.3 Å². The normalized spacial score (nSPS) is 12.4. The van der Waals surface area contributed by atoms with Crippen LogP contribution >= 0.6 is 0 Å². The van der Waals surface area contributed by atoms with Gasteiger partial charge in [0.05, 0.1) is 7.11 Å². The first-order valence-electron chi connectivity index (χ1n) is 8.27. The summed E-state index contributed by atoms with van der Waals surface area (Å²) in [6.45, 7) is 4.66. The van der Waals surface area contributed by atoms with E-state index in [-0.39, 0.29) is 5.97 Å². The van der Waals surface area contributed by atoms with E-state index in [0.717, 1.165) is 12.3 Å². The van der Waals surface area contributed by atoms with Crippen molar-refractivity contribution in [3.8, 4) is 0 Å². The molecule has 0 amide bonds. The number of unbranched alkanes of at least 4 members (excludes halogenated alkanes) is 7. The number of carbonyl (C=O) groups is 1. The maximum Gasteiger partial charge on any atom is 0.305 e. The first-order valence-corrected chi connectivity index (χ1v) is 8.27. The summed E-state index contributed by atoms with van der Waals surface area (Å²) in [5, 5.41) is 0. The molecule has 0 aliphatic rings. The van der Waals surface area contributed by atoms with Crippen molar-refractivity contribution in [2.24, 2.45) is 5.92 Å². The van der Waals surface area contributed by atoms with E-state index in [1.54, 1.807) is 0 Å². The molecule has 19 heavy (non-hydrogen) atoms. The van der Waals surface area contributed by atoms with Crippen molar-refractivity contribution in [3.05, 3.63) is 0 Å². The average molecular weight is 270 g/mol. The highest BCUT2D eigenvalue weighted by Crippen LogP contribution is 2.17. The van der Waals surface area contributed by atoms with Gasteiger partial charge in [0.25, 0.3) is 0 Å². The Labute approximate surface area is 120 Å². The van der Waals surface area contributed by atoms with Crippen LogP contribution in [0.25, 0.3) is 0 Å². The molecule has 0 heterocycles. The standard InChI is InChI=1S/C17H34O2/c1-4-5-13-16(2)14-11-9-7-6-8-10-12-15-17(18)19-3/h16H,4-15H2,1-3H3. The van der Waals surface area contributed by atoms with Crippen molar-refractivity contribution in [1.29, 1.82) is 0 Å². The minimum absolute atomic E-state index is 0.0685. The molecule has 1 atom stereocenters. The predicted molar refractivity (Wildman–Crippen MR) is 82.3 cm³/mol. The van der Waals surface area contributed by atoms with Crippen LogP contribution in [-0.4, -0.2) is 13.1 Å². The molecule has 0 aromatic carbocycles. The molecule has 0 saturated carbocycles. The number of hydrogen-bond acceptors (Lipinski definition) is 2. The first kappa shape index (κ1) is 18.5. The first-order chi connectivity index (χ1) is 9.20. The highest BCUT2D eigenvalue weighted by molar-refractivity contribution is 5.68. The van der Waals surface area contributed by atoms with E-state index in [2.05, 4.69) is 18.6 Å². The summed E-state index contributed by atoms with van der Waals surface area (Å²) in [6, 6.07) is 0. The van der Waals surface area contributed by atoms with Gasteiger partial charge >= 0.3 is 5.97 Å². The van der Waals surface area contributed by atoms with Crippen LogP contribution in [0.4, 0.5) is 0 Å². The molecule has 114 valence electrons. The Balaban J connectivity index is 3.12. The Morgan fingerprint density at radius 1 is 0.895 bits per heavy atom. The van der Waals surface area contributed by atoms with Crippen molar-refractivity contribution < 1.29 is 9.53 Å². The van der Waals surface area contributed by atoms with Crippen LogP contribution in [0.3, 0.4) is 0 Å². The van der Waals surface area contributed by atoms with Crippen molar-refractivity contribution >= 4 is 5.97 Å². The third-order valence-corrected chi connectivity index (χ3v) is 3.86. The lowest BCUT2D eigenvalue weighted by molar-refractivity contribution is -0.140. The van der Waals surface area contributed by atoms with Crippen LogP contribution in [0.1, 0.15) is 90.9 Å². The van der Waals surface area contributed by atoms with Crippen LogP contribution < -0.4 is 0 Å². The van der Waals surface area contributed by atoms with E-state index >= 15 is 0 Å². The number of carbonyl (C=O) groups excluding carboxylic acids is 1. The van der Waals surface area contributed by atoms with Gasteiger partial charge < -0.3 is 4.74 Å². The lowest BCUT2D eigenvalue weighted by Gasteiger charge is -2.10. The molecule has 2 heteroatoms. The van der Waals surface area contributed by atoms with Gasteiger partial charge in [-0.1, -0.05) is 78.1 Å². The lowest BCUT2D eigenvalue weighted by atomic mass is 9.97. The minimum Gasteiger partial charge on any atom is -0.469 e. The second kappa shape index (κ2) is 13.9. The van der Waals surface area contributed by atoms with Crippen molar-refractivity contribution in [2.45, 2.75) is 90.9 Å². The highest BCUT2D eigenvalue weighted by atomic mass is 16.5. The number of methoxy groups -OCH3 is 1. The molecule has 0 aliphatic heterocycles. The molecule has 0 N–H and O–H groups in total. The second-order valence-electron chi connectivity index (χ2n) is 5.84. The summed E-state index contributed by atoms with van der Waals surface area (Å²) in [5.74, 6) is 0.848. The SMILES string of the molecule is CCCCC(C)CCCCCCCCCC(=O)OC. The van der Waals surface area contributed by atoms with E-state index < -0.39 is 0 Å². The zero-order valence-electron chi connectivity index (χ0n) is 13.4. The van der Waals surface area contributed by atoms with Crippen LogP contribution in [0.15, 0.2) is 0 Å². The number of hydrogen-bond donors (Lipinski definition) is 0. The van der Waals surface area contributed by atoms with Gasteiger partial charge in [0.1, 0.15) is 0 Å². The Morgan fingerprint density at radius 3 is 2.00 bits per heavy atom. The molecule has 0 radical (unpaired) electrons. The van der Waals surface area contributed by atoms with Crippen LogP contribution in [-0.2, 0) is 9.53 Å². The Bertz CT molecular complexity index is 201. The van der Waals surface area contributed by atoms with E-state index in [9.17, 15) is 4.79 Å². The van der Waals surface area contributed by atoms with Gasteiger partial charge in [-0.25, -0.2) is 0 Å². The number of rotatable bonds is 13. The van der Waals surface area contributed by atoms with E-state index in [1.165, 1.54) is 71.3 Å². The zero-order valence-corrected chi connectivity index (χ0v) is 13.4. The minimum atomic E-state index is -0.0685. The van der Waals surface area contributed by atoms with Gasteiger partial charge in [-0.2, -0.15) is 0 Å². The zero-order chi connectivity index (χ0) is 14.3. The fraction of sp³-hybridized carbons (Fsp3) is 0.941. The molecule has 0 rings (SSSR count). The fourth-order valence-corrected chi connectivity index (χ4v) is 2.45. The predicted octanol–water partition coefficient (Wildman–Crippen LogP) is 5.50. The second-order valence-corrected chi connectivity index (χ2v) is 5.84. The molecular formula is C17H34O2. The summed E-state index contributed by atoms with van der Waals surface area (Å²) >= 11 is 0. The molecule has 1 unspecified atom stereocenters. The van der Waals surface area contributed by atoms with Crippen molar-refractivity contribution in [1.82, 2.24) is 0 Å². The summed E-state index contributed by atoms with van der Waals surface area (Å²) in [5.41, 5.74) is 0. The fourth-order valence-electron chi connectivity index (χ4n) is 2.45. The van der Waals surface area contributed by atoms with Gasteiger partial charge in [-0.15, -0.1) is 0 Å². The number of ether oxygens (including phenoxy) is 1. The molecule has 0 spiro atoms. The molecule has 0 aromatic rings. The summed E-state index contributed by atoms with van der Waals surface area (Å²) in [6.07, 6.45) is 15.0. The van der Waals surface area contributed by atoms with Gasteiger partial charge in [0, 0.05) is 6.42 Å². The van der Waals surface area contributed by atoms with E-state index in [4.69, 9.17) is 0 Å². The van der Waals surface area contributed by atoms with Crippen LogP contribution in [0.5, 0.6) is 0 Å². The Kier molecular flexibility index (Phi) is 13.5. The molecule has 0 saturated heterocycles. The van der Waals surface area contributed by atoms with Gasteiger partial charge in [0.15, 0.2) is 0 Å². The number of esters is 1. The maximum atomic E-state index is 10.9.